The molecule has 0 radical (unpaired) electrons. The van der Waals surface area contributed by atoms with Gasteiger partial charge >= 0.3 is 6.18 Å². The molecule has 3 nitrogen and oxygen atoms in total. The van der Waals surface area contributed by atoms with E-state index in [-0.39, 0.29) is 19.0 Å². The Kier molecular flexibility index (Phi) is 5.09. The van der Waals surface area contributed by atoms with Crippen LogP contribution in [0.4, 0.5) is 13.2 Å². The summed E-state index contributed by atoms with van der Waals surface area (Å²) in [5.74, 6) is -0.720. The van der Waals surface area contributed by atoms with E-state index in [0.717, 1.165) is 24.8 Å². The van der Waals surface area contributed by atoms with Gasteiger partial charge in [-0.25, -0.2) is 0 Å². The van der Waals surface area contributed by atoms with E-state index >= 15 is 0 Å². The molecule has 2 aliphatic heterocycles. The van der Waals surface area contributed by atoms with Crippen LogP contribution in [0.5, 0.6) is 0 Å². The molecule has 0 aliphatic carbocycles. The van der Waals surface area contributed by atoms with Crippen molar-refractivity contribution in [2.75, 3.05) is 19.6 Å². The molecule has 2 unspecified atom stereocenters. The van der Waals surface area contributed by atoms with E-state index in [4.69, 9.17) is 0 Å². The van der Waals surface area contributed by atoms with Crippen molar-refractivity contribution in [1.82, 2.24) is 9.80 Å². The summed E-state index contributed by atoms with van der Waals surface area (Å²) in [7, 11) is 0. The maximum absolute atomic E-state index is 14.0. The number of hydrogen-bond donors (Lipinski definition) is 0. The van der Waals surface area contributed by atoms with Gasteiger partial charge in [0.05, 0.1) is 0 Å². The van der Waals surface area contributed by atoms with E-state index in [1.807, 2.05) is 37.3 Å². The zero-order valence-electron chi connectivity index (χ0n) is 14.6. The number of hydrogen-bond acceptors (Lipinski definition) is 2. The van der Waals surface area contributed by atoms with Crippen molar-refractivity contribution < 1.29 is 18.0 Å². The average Bonchev–Trinajstić information content (AvgIpc) is 3.01. The Morgan fingerprint density at radius 1 is 1.20 bits per heavy atom. The summed E-state index contributed by atoms with van der Waals surface area (Å²) >= 11 is 0. The summed E-state index contributed by atoms with van der Waals surface area (Å²) in [5.41, 5.74) is -1.29. The Morgan fingerprint density at radius 2 is 1.92 bits per heavy atom. The molecule has 1 aromatic rings. The van der Waals surface area contributed by atoms with Crippen LogP contribution in [-0.4, -0.2) is 47.6 Å². The van der Waals surface area contributed by atoms with Crippen LogP contribution in [0.2, 0.25) is 0 Å². The average molecular weight is 354 g/mol. The van der Waals surface area contributed by atoms with Crippen molar-refractivity contribution in [2.24, 2.45) is 5.41 Å². The van der Waals surface area contributed by atoms with Gasteiger partial charge in [0.25, 0.3) is 0 Å². The smallest absolute Gasteiger partial charge is 0.339 e. The lowest BCUT2D eigenvalue weighted by Gasteiger charge is -2.40. The molecule has 1 amide bonds. The SMILES string of the molecule is CC1CCCCN1C(=O)C1(C(F)(F)F)CCN(Cc2ccccc2)C1. The summed E-state index contributed by atoms with van der Waals surface area (Å²) in [6, 6.07) is 9.34. The highest BCUT2D eigenvalue weighted by molar-refractivity contribution is 5.84. The first kappa shape index (κ1) is 18.2. The zero-order valence-corrected chi connectivity index (χ0v) is 14.6. The largest absolute Gasteiger partial charge is 0.404 e. The van der Waals surface area contributed by atoms with Gasteiger partial charge in [0.15, 0.2) is 5.41 Å². The molecule has 2 aliphatic rings. The molecule has 3 rings (SSSR count). The molecule has 0 saturated carbocycles. The van der Waals surface area contributed by atoms with E-state index in [2.05, 4.69) is 0 Å². The quantitative estimate of drug-likeness (QED) is 0.823. The Labute approximate surface area is 146 Å². The minimum Gasteiger partial charge on any atom is -0.339 e. The first-order valence-electron chi connectivity index (χ1n) is 8.97. The highest BCUT2D eigenvalue weighted by Gasteiger charge is 2.64. The predicted molar refractivity (Wildman–Crippen MR) is 89.9 cm³/mol. The number of carbonyl (C=O) groups is 1. The summed E-state index contributed by atoms with van der Waals surface area (Å²) in [6.07, 6.45) is -2.12. The van der Waals surface area contributed by atoms with Gasteiger partial charge in [0, 0.05) is 25.7 Å². The van der Waals surface area contributed by atoms with Gasteiger partial charge < -0.3 is 4.90 Å². The second-order valence-corrected chi connectivity index (χ2v) is 7.37. The Bertz CT molecular complexity index is 604. The molecule has 1 aromatic carbocycles. The zero-order chi connectivity index (χ0) is 18.1. The number of alkyl halides is 3. The van der Waals surface area contributed by atoms with Crippen LogP contribution in [0, 0.1) is 5.41 Å². The topological polar surface area (TPSA) is 23.6 Å². The van der Waals surface area contributed by atoms with Crippen LogP contribution in [0.3, 0.4) is 0 Å². The normalized spacial score (nSPS) is 28.3. The van der Waals surface area contributed by atoms with Crippen molar-refractivity contribution in [3.05, 3.63) is 35.9 Å². The lowest BCUT2D eigenvalue weighted by Crippen LogP contribution is -2.56. The molecule has 2 heterocycles. The highest BCUT2D eigenvalue weighted by atomic mass is 19.4. The van der Waals surface area contributed by atoms with Crippen LogP contribution in [0.25, 0.3) is 0 Å². The lowest BCUT2D eigenvalue weighted by molar-refractivity contribution is -0.225. The van der Waals surface area contributed by atoms with Crippen LogP contribution in [-0.2, 0) is 11.3 Å². The summed E-state index contributed by atoms with van der Waals surface area (Å²) in [4.78, 5) is 16.2. The fourth-order valence-electron chi connectivity index (χ4n) is 4.07. The molecule has 2 saturated heterocycles. The van der Waals surface area contributed by atoms with Gasteiger partial charge in [0.2, 0.25) is 5.91 Å². The molecule has 2 fully saturated rings. The van der Waals surface area contributed by atoms with E-state index < -0.39 is 17.5 Å². The molecular weight excluding hydrogens is 329 g/mol. The molecule has 138 valence electrons. The van der Waals surface area contributed by atoms with Crippen molar-refractivity contribution in [1.29, 1.82) is 0 Å². The van der Waals surface area contributed by atoms with Gasteiger partial charge in [0.1, 0.15) is 0 Å². The Balaban J connectivity index is 1.79. The van der Waals surface area contributed by atoms with Gasteiger partial charge in [-0.2, -0.15) is 13.2 Å². The molecule has 25 heavy (non-hydrogen) atoms. The third-order valence-electron chi connectivity index (χ3n) is 5.61. The third-order valence-corrected chi connectivity index (χ3v) is 5.61. The van der Waals surface area contributed by atoms with Gasteiger partial charge in [-0.1, -0.05) is 30.3 Å². The first-order valence-corrected chi connectivity index (χ1v) is 8.97. The molecule has 0 spiro atoms. The molecule has 0 bridgehead atoms. The van der Waals surface area contributed by atoms with E-state index in [1.165, 1.54) is 4.90 Å². The molecule has 2 atom stereocenters. The maximum Gasteiger partial charge on any atom is 0.404 e. The number of halogens is 3. The van der Waals surface area contributed by atoms with E-state index in [9.17, 15) is 18.0 Å². The van der Waals surface area contributed by atoms with Crippen molar-refractivity contribution in [2.45, 2.75) is 51.4 Å². The second-order valence-electron chi connectivity index (χ2n) is 7.37. The fourth-order valence-corrected chi connectivity index (χ4v) is 4.07. The van der Waals surface area contributed by atoms with Gasteiger partial charge in [-0.05, 0) is 44.7 Å². The van der Waals surface area contributed by atoms with Crippen LogP contribution in [0.1, 0.15) is 38.2 Å². The van der Waals surface area contributed by atoms with Gasteiger partial charge in [-0.15, -0.1) is 0 Å². The number of nitrogens with zero attached hydrogens (tertiary/aromatic N) is 2. The molecule has 0 aromatic heterocycles. The number of likely N-dealkylation sites (tertiary alicyclic amines) is 2. The van der Waals surface area contributed by atoms with Gasteiger partial charge in [-0.3, -0.25) is 9.69 Å². The monoisotopic (exact) mass is 354 g/mol. The second kappa shape index (κ2) is 6.98. The predicted octanol–water partition coefficient (Wildman–Crippen LogP) is 3.84. The molecule has 6 heteroatoms. The minimum absolute atomic E-state index is 0.108. The number of rotatable bonds is 3. The third kappa shape index (κ3) is 3.54. The van der Waals surface area contributed by atoms with Crippen LogP contribution < -0.4 is 0 Å². The lowest BCUT2D eigenvalue weighted by atomic mass is 9.83. The summed E-state index contributed by atoms with van der Waals surface area (Å²) in [6.45, 7) is 2.80. The first-order chi connectivity index (χ1) is 11.8. The van der Waals surface area contributed by atoms with Crippen molar-refractivity contribution in [3.8, 4) is 0 Å². The highest BCUT2D eigenvalue weighted by Crippen LogP contribution is 2.47. The maximum atomic E-state index is 14.0. The number of piperidine rings is 1. The van der Waals surface area contributed by atoms with Crippen LogP contribution in [0.15, 0.2) is 30.3 Å². The Hall–Kier alpha value is -1.56. The molecule has 0 N–H and O–H groups in total. The van der Waals surface area contributed by atoms with Crippen molar-refractivity contribution >= 4 is 5.91 Å². The number of carbonyl (C=O) groups excluding carboxylic acids is 1. The summed E-state index contributed by atoms with van der Waals surface area (Å²) < 4.78 is 42.0. The number of benzene rings is 1. The standard InChI is InChI=1S/C19H25F3N2O/c1-15-7-5-6-11-24(15)17(25)18(19(20,21)22)10-12-23(14-18)13-16-8-3-2-4-9-16/h2-4,8-9,15H,5-7,10-14H2,1H3. The minimum atomic E-state index is -4.52. The van der Waals surface area contributed by atoms with E-state index in [0.29, 0.717) is 19.6 Å². The van der Waals surface area contributed by atoms with E-state index in [1.54, 1.807) is 4.90 Å². The Morgan fingerprint density at radius 3 is 2.56 bits per heavy atom. The van der Waals surface area contributed by atoms with Crippen LogP contribution >= 0.6 is 0 Å². The fraction of sp³-hybridized carbons (Fsp3) is 0.632. The summed E-state index contributed by atoms with van der Waals surface area (Å²) in [5, 5.41) is 0. The molecular formula is C19H25F3N2O. The number of amides is 1. The van der Waals surface area contributed by atoms with Crippen molar-refractivity contribution in [3.63, 3.8) is 0 Å².